The molecule has 2 aromatic carbocycles. The normalized spacial score (nSPS) is 19.0. The number of phenols is 1. The van der Waals surface area contributed by atoms with Gasteiger partial charge in [0.15, 0.2) is 0 Å². The van der Waals surface area contributed by atoms with E-state index in [1.807, 2.05) is 52.0 Å². The second-order valence-electron chi connectivity index (χ2n) is 11.3. The van der Waals surface area contributed by atoms with E-state index in [1.165, 1.54) is 12.1 Å². The molecule has 1 fully saturated rings. The van der Waals surface area contributed by atoms with Crippen LogP contribution in [-0.4, -0.2) is 45.6 Å². The number of amides is 3. The molecule has 0 spiro atoms. The summed E-state index contributed by atoms with van der Waals surface area (Å²) in [6.45, 7) is 13.1. The number of rotatable bonds is 9. The van der Waals surface area contributed by atoms with Gasteiger partial charge in [0.05, 0.1) is 0 Å². The van der Waals surface area contributed by atoms with Crippen molar-refractivity contribution in [2.45, 2.75) is 85.0 Å². The van der Waals surface area contributed by atoms with Gasteiger partial charge in [0.2, 0.25) is 5.91 Å². The first-order valence-corrected chi connectivity index (χ1v) is 13.3. The summed E-state index contributed by atoms with van der Waals surface area (Å²) in [5.41, 5.74) is 1.40. The maximum absolute atomic E-state index is 14.3. The van der Waals surface area contributed by atoms with Gasteiger partial charge in [-0.3, -0.25) is 9.59 Å². The van der Waals surface area contributed by atoms with Crippen LogP contribution in [-0.2, 0) is 14.3 Å². The Bertz CT molecular complexity index is 1140. The second-order valence-corrected chi connectivity index (χ2v) is 11.3. The standard InChI is InChI=1S/C30H41N3O5/c1-8-18(2)25(32-29(37)38-30(5,6)7)28(36)33(24-17-20(24)4)26(21-13-15-22(34)16-14-21)27(35)31-23-12-10-9-11-19(23)3/h9-16,18,20,24-26,34H,8,17H2,1-7H3,(H,31,35)(H,32,37). The quantitative estimate of drug-likeness (QED) is 0.399. The average molecular weight is 524 g/mol. The van der Waals surface area contributed by atoms with Gasteiger partial charge < -0.3 is 25.4 Å². The number of aryl methyl sites for hydroxylation is 1. The van der Waals surface area contributed by atoms with Gasteiger partial charge in [0.25, 0.3) is 5.91 Å². The van der Waals surface area contributed by atoms with Crippen LogP contribution in [0.5, 0.6) is 5.75 Å². The lowest BCUT2D eigenvalue weighted by molar-refractivity contribution is -0.142. The number of nitrogens with one attached hydrogen (secondary N) is 2. The molecule has 8 heteroatoms. The molecule has 1 aliphatic rings. The van der Waals surface area contributed by atoms with Crippen LogP contribution in [0.2, 0.25) is 0 Å². The molecule has 1 aliphatic carbocycles. The first-order chi connectivity index (χ1) is 17.8. The topological polar surface area (TPSA) is 108 Å². The van der Waals surface area contributed by atoms with Gasteiger partial charge in [-0.1, -0.05) is 57.5 Å². The number of phenolic OH excluding ortho intramolecular Hbond substituents is 1. The van der Waals surface area contributed by atoms with Gasteiger partial charge in [0.1, 0.15) is 23.4 Å². The van der Waals surface area contributed by atoms with Crippen molar-refractivity contribution < 1.29 is 24.2 Å². The molecule has 2 aromatic rings. The van der Waals surface area contributed by atoms with Gasteiger partial charge in [0, 0.05) is 11.7 Å². The highest BCUT2D eigenvalue weighted by molar-refractivity contribution is 5.99. The predicted molar refractivity (Wildman–Crippen MR) is 148 cm³/mol. The Morgan fingerprint density at radius 3 is 2.24 bits per heavy atom. The SMILES string of the molecule is CCC(C)C(NC(=O)OC(C)(C)C)C(=O)N(C(C(=O)Nc1ccccc1C)c1ccc(O)cc1)C1CC1C. The number of benzene rings is 2. The van der Waals surface area contributed by atoms with Crippen LogP contribution in [0.4, 0.5) is 10.5 Å². The van der Waals surface area contributed by atoms with Crippen molar-refractivity contribution >= 4 is 23.6 Å². The minimum atomic E-state index is -0.968. The minimum Gasteiger partial charge on any atom is -0.508 e. The third-order valence-corrected chi connectivity index (χ3v) is 6.97. The lowest BCUT2D eigenvalue weighted by atomic mass is 9.95. The second kappa shape index (κ2) is 11.9. The maximum Gasteiger partial charge on any atom is 0.408 e. The molecule has 0 heterocycles. The molecule has 0 radical (unpaired) electrons. The molecule has 3 rings (SSSR count). The largest absolute Gasteiger partial charge is 0.508 e. The molecule has 5 unspecified atom stereocenters. The van der Waals surface area contributed by atoms with Gasteiger partial charge in [-0.15, -0.1) is 0 Å². The number of carbonyl (C=O) groups excluding carboxylic acids is 3. The third-order valence-electron chi connectivity index (χ3n) is 6.97. The number of nitrogens with zero attached hydrogens (tertiary/aromatic N) is 1. The predicted octanol–water partition coefficient (Wildman–Crippen LogP) is 5.56. The zero-order chi connectivity index (χ0) is 28.2. The van der Waals surface area contributed by atoms with Gasteiger partial charge in [-0.2, -0.15) is 0 Å². The number of para-hydroxylation sites is 1. The number of ether oxygens (including phenoxy) is 1. The van der Waals surface area contributed by atoms with Crippen LogP contribution in [0.15, 0.2) is 48.5 Å². The van der Waals surface area contributed by atoms with Gasteiger partial charge in [-0.25, -0.2) is 4.79 Å². The molecule has 8 nitrogen and oxygen atoms in total. The first kappa shape index (κ1) is 29.0. The molecule has 1 saturated carbocycles. The molecule has 3 N–H and O–H groups in total. The summed E-state index contributed by atoms with van der Waals surface area (Å²) in [6.07, 6.45) is 0.711. The van der Waals surface area contributed by atoms with Crippen molar-refractivity contribution in [3.8, 4) is 5.75 Å². The molecular formula is C30H41N3O5. The van der Waals surface area contributed by atoms with Crippen molar-refractivity contribution in [1.29, 1.82) is 0 Å². The van der Waals surface area contributed by atoms with Crippen molar-refractivity contribution in [3.05, 3.63) is 59.7 Å². The first-order valence-electron chi connectivity index (χ1n) is 13.3. The molecule has 0 saturated heterocycles. The van der Waals surface area contributed by atoms with E-state index in [2.05, 4.69) is 10.6 Å². The summed E-state index contributed by atoms with van der Waals surface area (Å²) in [7, 11) is 0. The van der Waals surface area contributed by atoms with E-state index < -0.39 is 23.8 Å². The van der Waals surface area contributed by atoms with Crippen LogP contribution in [0, 0.1) is 18.8 Å². The van der Waals surface area contributed by atoms with E-state index in [0.29, 0.717) is 17.7 Å². The molecule has 0 bridgehead atoms. The van der Waals surface area contributed by atoms with E-state index in [1.54, 1.807) is 37.8 Å². The Balaban J connectivity index is 2.04. The fraction of sp³-hybridized carbons (Fsp3) is 0.500. The molecule has 206 valence electrons. The summed E-state index contributed by atoms with van der Waals surface area (Å²) in [4.78, 5) is 42.6. The minimum absolute atomic E-state index is 0.0635. The molecule has 0 aliphatic heterocycles. The fourth-order valence-corrected chi connectivity index (χ4v) is 4.46. The fourth-order valence-electron chi connectivity index (χ4n) is 4.46. The number of alkyl carbamates (subject to hydrolysis) is 1. The van der Waals surface area contributed by atoms with Crippen LogP contribution in [0.3, 0.4) is 0 Å². The molecule has 5 atom stereocenters. The van der Waals surface area contributed by atoms with Crippen molar-refractivity contribution in [2.75, 3.05) is 5.32 Å². The van der Waals surface area contributed by atoms with E-state index in [9.17, 15) is 19.5 Å². The van der Waals surface area contributed by atoms with E-state index >= 15 is 0 Å². The zero-order valence-corrected chi connectivity index (χ0v) is 23.4. The van der Waals surface area contributed by atoms with Crippen LogP contribution < -0.4 is 10.6 Å². The number of hydrogen-bond donors (Lipinski definition) is 3. The smallest absolute Gasteiger partial charge is 0.408 e. The summed E-state index contributed by atoms with van der Waals surface area (Å²) < 4.78 is 5.46. The lowest BCUT2D eigenvalue weighted by Gasteiger charge is -2.36. The van der Waals surface area contributed by atoms with Gasteiger partial charge >= 0.3 is 6.09 Å². The Morgan fingerprint density at radius 1 is 1.11 bits per heavy atom. The van der Waals surface area contributed by atoms with Crippen LogP contribution in [0.1, 0.15) is 71.6 Å². The number of anilines is 1. The van der Waals surface area contributed by atoms with Crippen molar-refractivity contribution in [3.63, 3.8) is 0 Å². The van der Waals surface area contributed by atoms with E-state index in [-0.39, 0.29) is 35.4 Å². The zero-order valence-electron chi connectivity index (χ0n) is 23.4. The highest BCUT2D eigenvalue weighted by atomic mass is 16.6. The molecular weight excluding hydrogens is 482 g/mol. The summed E-state index contributed by atoms with van der Waals surface area (Å²) >= 11 is 0. The summed E-state index contributed by atoms with van der Waals surface area (Å²) in [5, 5.41) is 15.7. The number of aromatic hydroxyl groups is 1. The Hall–Kier alpha value is -3.55. The lowest BCUT2D eigenvalue weighted by Crippen LogP contribution is -2.55. The Labute approximate surface area is 225 Å². The summed E-state index contributed by atoms with van der Waals surface area (Å²) in [6, 6.07) is 11.8. The van der Waals surface area contributed by atoms with Crippen LogP contribution in [0.25, 0.3) is 0 Å². The molecule has 0 aromatic heterocycles. The highest BCUT2D eigenvalue weighted by Gasteiger charge is 2.49. The molecule has 38 heavy (non-hydrogen) atoms. The maximum atomic E-state index is 14.3. The van der Waals surface area contributed by atoms with Crippen molar-refractivity contribution in [1.82, 2.24) is 10.2 Å². The average Bonchev–Trinajstić information content (AvgIpc) is 3.56. The molecule has 3 amide bonds. The third kappa shape index (κ3) is 7.27. The van der Waals surface area contributed by atoms with E-state index in [4.69, 9.17) is 4.74 Å². The van der Waals surface area contributed by atoms with Gasteiger partial charge in [-0.05, 0) is 75.3 Å². The van der Waals surface area contributed by atoms with E-state index in [0.717, 1.165) is 12.0 Å². The number of carbonyl (C=O) groups is 3. The summed E-state index contributed by atoms with van der Waals surface area (Å²) in [5.74, 6) is -0.640. The van der Waals surface area contributed by atoms with Crippen molar-refractivity contribution in [2.24, 2.45) is 11.8 Å². The number of hydrogen-bond acceptors (Lipinski definition) is 5. The monoisotopic (exact) mass is 523 g/mol. The Kier molecular flexibility index (Phi) is 9.07. The van der Waals surface area contributed by atoms with Crippen LogP contribution >= 0.6 is 0 Å². The Morgan fingerprint density at radius 2 is 1.71 bits per heavy atom. The highest BCUT2D eigenvalue weighted by Crippen LogP contribution is 2.41.